The lowest BCUT2D eigenvalue weighted by Gasteiger charge is -2.34. The molecule has 0 saturated carbocycles. The maximum atomic E-state index is 4.20. The molecule has 0 fully saturated rings. The van der Waals surface area contributed by atoms with Crippen molar-refractivity contribution in [3.63, 3.8) is 0 Å². The summed E-state index contributed by atoms with van der Waals surface area (Å²) in [7, 11) is 0. The molecule has 0 nitrogen and oxygen atoms in total. The zero-order chi connectivity index (χ0) is 21.3. The lowest BCUT2D eigenvalue weighted by atomic mass is 9.67. The lowest BCUT2D eigenvalue weighted by Crippen LogP contribution is -2.28. The quantitative estimate of drug-likeness (QED) is 0.424. The van der Waals surface area contributed by atoms with E-state index in [1.165, 1.54) is 44.5 Å². The first-order chi connectivity index (χ1) is 14.5. The van der Waals surface area contributed by atoms with Crippen molar-refractivity contribution < 1.29 is 0 Å². The van der Waals surface area contributed by atoms with Crippen molar-refractivity contribution in [2.24, 2.45) is 0 Å². The van der Waals surface area contributed by atoms with Gasteiger partial charge < -0.3 is 0 Å². The summed E-state index contributed by atoms with van der Waals surface area (Å²) in [6, 6.07) is 27.0. The third-order valence-corrected chi connectivity index (χ3v) is 6.08. The minimum Gasteiger partial charge on any atom is -0.0961 e. The fourth-order valence-corrected chi connectivity index (χ4v) is 4.80. The van der Waals surface area contributed by atoms with Gasteiger partial charge in [0.05, 0.1) is 5.41 Å². The van der Waals surface area contributed by atoms with Gasteiger partial charge in [-0.3, -0.25) is 0 Å². The van der Waals surface area contributed by atoms with E-state index in [0.29, 0.717) is 0 Å². The molecule has 0 aromatic heterocycles. The number of aryl methyl sites for hydroxylation is 2. The Labute approximate surface area is 181 Å². The highest BCUT2D eigenvalue weighted by atomic mass is 14.5. The van der Waals surface area contributed by atoms with Crippen molar-refractivity contribution in [1.82, 2.24) is 0 Å². The summed E-state index contributed by atoms with van der Waals surface area (Å²) >= 11 is 0. The first-order valence-corrected chi connectivity index (χ1v) is 10.8. The van der Waals surface area contributed by atoms with Crippen LogP contribution in [0.3, 0.4) is 0 Å². The van der Waals surface area contributed by atoms with Crippen LogP contribution in [0.2, 0.25) is 0 Å². The summed E-state index contributed by atoms with van der Waals surface area (Å²) in [6.07, 6.45) is 5.65. The first-order valence-electron chi connectivity index (χ1n) is 10.8. The second-order valence-electron chi connectivity index (χ2n) is 8.46. The van der Waals surface area contributed by atoms with Crippen molar-refractivity contribution in [1.29, 1.82) is 0 Å². The molecule has 0 bridgehead atoms. The molecule has 0 saturated heterocycles. The number of hydrogen-bond donors (Lipinski definition) is 0. The van der Waals surface area contributed by atoms with Gasteiger partial charge in [0.25, 0.3) is 0 Å². The van der Waals surface area contributed by atoms with Gasteiger partial charge in [0.2, 0.25) is 0 Å². The standard InChI is InChI=1S/C30H30/c1-6-9-28-27(20-21(2)3)26-10-7-8-11-29(26)30(28,24-16-12-22(4)13-17-24)25-18-14-23(5)15-19-25/h7-20H,2,6H2,1,3-5H3. The largest absolute Gasteiger partial charge is 0.0961 e. The van der Waals surface area contributed by atoms with E-state index < -0.39 is 0 Å². The van der Waals surface area contributed by atoms with Crippen LogP contribution < -0.4 is 0 Å². The van der Waals surface area contributed by atoms with Crippen LogP contribution in [0.15, 0.2) is 103 Å². The molecule has 0 amide bonds. The molecule has 0 N–H and O–H groups in total. The van der Waals surface area contributed by atoms with Gasteiger partial charge in [-0.2, -0.15) is 0 Å². The monoisotopic (exact) mass is 390 g/mol. The Bertz CT molecular complexity index is 1090. The number of allylic oxidation sites excluding steroid dienone is 5. The van der Waals surface area contributed by atoms with E-state index in [1.54, 1.807) is 0 Å². The Morgan fingerprint density at radius 1 is 0.833 bits per heavy atom. The highest BCUT2D eigenvalue weighted by Gasteiger charge is 2.47. The Morgan fingerprint density at radius 3 is 1.87 bits per heavy atom. The molecular weight excluding hydrogens is 360 g/mol. The molecule has 30 heavy (non-hydrogen) atoms. The fraction of sp³-hybridized carbons (Fsp3) is 0.200. The summed E-state index contributed by atoms with van der Waals surface area (Å²) in [4.78, 5) is 0. The van der Waals surface area contributed by atoms with Crippen molar-refractivity contribution in [2.45, 2.75) is 39.5 Å². The molecule has 4 rings (SSSR count). The van der Waals surface area contributed by atoms with E-state index in [9.17, 15) is 0 Å². The Hall–Kier alpha value is -3.12. The zero-order valence-electron chi connectivity index (χ0n) is 18.5. The van der Waals surface area contributed by atoms with Crippen molar-refractivity contribution in [2.75, 3.05) is 0 Å². The van der Waals surface area contributed by atoms with Gasteiger partial charge in [0.15, 0.2) is 0 Å². The maximum absolute atomic E-state index is 4.20. The predicted octanol–water partition coefficient (Wildman–Crippen LogP) is 7.95. The molecule has 0 radical (unpaired) electrons. The number of fused-ring (bicyclic) bond motifs is 1. The van der Waals surface area contributed by atoms with E-state index in [-0.39, 0.29) is 5.41 Å². The molecule has 0 aliphatic heterocycles. The van der Waals surface area contributed by atoms with E-state index in [0.717, 1.165) is 12.0 Å². The highest BCUT2D eigenvalue weighted by Crippen LogP contribution is 2.57. The number of benzene rings is 3. The lowest BCUT2D eigenvalue weighted by molar-refractivity contribution is 0.763. The zero-order valence-corrected chi connectivity index (χ0v) is 18.5. The second kappa shape index (κ2) is 7.95. The summed E-state index contributed by atoms with van der Waals surface area (Å²) in [5, 5.41) is 0. The molecule has 0 heteroatoms. The average Bonchev–Trinajstić information content (AvgIpc) is 3.00. The number of hydrogen-bond acceptors (Lipinski definition) is 0. The van der Waals surface area contributed by atoms with E-state index in [1.807, 2.05) is 0 Å². The molecule has 0 atom stereocenters. The summed E-state index contributed by atoms with van der Waals surface area (Å²) in [5.41, 5.74) is 11.3. The van der Waals surface area contributed by atoms with Gasteiger partial charge in [-0.25, -0.2) is 0 Å². The normalized spacial score (nSPS) is 17.3. The van der Waals surface area contributed by atoms with Gasteiger partial charge in [-0.15, -0.1) is 0 Å². The molecular formula is C30H30. The van der Waals surface area contributed by atoms with E-state index >= 15 is 0 Å². The third-order valence-electron chi connectivity index (χ3n) is 6.08. The molecule has 0 spiro atoms. The number of rotatable bonds is 4. The van der Waals surface area contributed by atoms with Crippen LogP contribution in [0.25, 0.3) is 5.57 Å². The van der Waals surface area contributed by atoms with Crippen LogP contribution in [0, 0.1) is 13.8 Å². The minimum absolute atomic E-state index is 0.324. The smallest absolute Gasteiger partial charge is 0.0710 e. The molecule has 3 aromatic rings. The fourth-order valence-electron chi connectivity index (χ4n) is 4.80. The van der Waals surface area contributed by atoms with Crippen molar-refractivity contribution in [3.05, 3.63) is 136 Å². The van der Waals surface area contributed by atoms with Crippen LogP contribution in [0.5, 0.6) is 0 Å². The van der Waals surface area contributed by atoms with Crippen LogP contribution >= 0.6 is 0 Å². The molecule has 150 valence electrons. The molecule has 3 aromatic carbocycles. The van der Waals surface area contributed by atoms with Gasteiger partial charge in [0.1, 0.15) is 0 Å². The van der Waals surface area contributed by atoms with E-state index in [2.05, 4.69) is 119 Å². The molecule has 0 heterocycles. The summed E-state index contributed by atoms with van der Waals surface area (Å²) in [5.74, 6) is 0. The topological polar surface area (TPSA) is 0 Å². The van der Waals surface area contributed by atoms with Crippen molar-refractivity contribution in [3.8, 4) is 0 Å². The van der Waals surface area contributed by atoms with Crippen LogP contribution in [0.4, 0.5) is 0 Å². The van der Waals surface area contributed by atoms with Crippen LogP contribution in [-0.4, -0.2) is 0 Å². The van der Waals surface area contributed by atoms with Gasteiger partial charge in [-0.05, 0) is 60.6 Å². The van der Waals surface area contributed by atoms with E-state index in [4.69, 9.17) is 0 Å². The van der Waals surface area contributed by atoms with Gasteiger partial charge in [0, 0.05) is 0 Å². The SMILES string of the molecule is C=C(C)C=C1C(=CCC)C(c2ccc(C)cc2)(c2ccc(C)cc2)c2ccccc21. The highest BCUT2D eigenvalue weighted by molar-refractivity contribution is 5.94. The first kappa shape index (κ1) is 20.2. The molecule has 1 aliphatic rings. The Kier molecular flexibility index (Phi) is 5.35. The van der Waals surface area contributed by atoms with Crippen LogP contribution in [-0.2, 0) is 5.41 Å². The summed E-state index contributed by atoms with van der Waals surface area (Å²) in [6.45, 7) is 12.8. The molecule has 1 aliphatic carbocycles. The predicted molar refractivity (Wildman–Crippen MR) is 130 cm³/mol. The molecule has 0 unspecified atom stereocenters. The summed E-state index contributed by atoms with van der Waals surface area (Å²) < 4.78 is 0. The Morgan fingerprint density at radius 2 is 1.37 bits per heavy atom. The van der Waals surface area contributed by atoms with Crippen LogP contribution in [0.1, 0.15) is 53.6 Å². The van der Waals surface area contributed by atoms with Gasteiger partial charge in [-0.1, -0.05) is 115 Å². The third kappa shape index (κ3) is 3.17. The average molecular weight is 391 g/mol. The second-order valence-corrected chi connectivity index (χ2v) is 8.46. The van der Waals surface area contributed by atoms with Crippen molar-refractivity contribution >= 4 is 5.57 Å². The Balaban J connectivity index is 2.17. The maximum Gasteiger partial charge on any atom is 0.0710 e. The van der Waals surface area contributed by atoms with Gasteiger partial charge >= 0.3 is 0 Å². The minimum atomic E-state index is -0.324.